The van der Waals surface area contributed by atoms with Crippen molar-refractivity contribution in [2.24, 2.45) is 0 Å². The first kappa shape index (κ1) is 22.4. The van der Waals surface area contributed by atoms with E-state index in [0.29, 0.717) is 25.7 Å². The van der Waals surface area contributed by atoms with Crippen LogP contribution in [0.15, 0.2) is 48.5 Å². The van der Waals surface area contributed by atoms with Crippen molar-refractivity contribution in [3.8, 4) is 22.6 Å². The van der Waals surface area contributed by atoms with E-state index in [2.05, 4.69) is 25.1 Å². The van der Waals surface area contributed by atoms with E-state index in [0.717, 1.165) is 29.0 Å². The fourth-order valence-electron chi connectivity index (χ4n) is 2.78. The molecule has 27 heavy (non-hydrogen) atoms. The molecule has 6 heteroatoms. The highest BCUT2D eigenvalue weighted by atomic mass is 35.8. The highest BCUT2D eigenvalue weighted by Crippen LogP contribution is 2.38. The van der Waals surface area contributed by atoms with E-state index in [1.165, 1.54) is 19.3 Å². The first-order valence-corrected chi connectivity index (χ1v) is 14.8. The minimum Gasteiger partial charge on any atom is -0.490 e. The Morgan fingerprint density at radius 3 is 2.22 bits per heavy atom. The number of para-hydroxylation sites is 1. The van der Waals surface area contributed by atoms with Gasteiger partial charge in [0, 0.05) is 5.56 Å². The molecule has 0 amide bonds. The molecule has 0 aliphatic rings. The van der Waals surface area contributed by atoms with Crippen molar-refractivity contribution in [2.75, 3.05) is 13.2 Å². The standard InChI is InChI=1S/C21H27Cl3O2Si/c1-2-3-4-8-15-25-20-14-9-13-19(18-11-6-5-7-12-18)21(20)26-16-10-17-27(22,23)24/h5-7,9,11-14H,2-4,8,10,15-17H2,1H3. The van der Waals surface area contributed by atoms with Crippen LogP contribution in [0.3, 0.4) is 0 Å². The smallest absolute Gasteiger partial charge is 0.341 e. The van der Waals surface area contributed by atoms with Crippen LogP contribution >= 0.6 is 33.2 Å². The number of hydrogen-bond donors (Lipinski definition) is 0. The van der Waals surface area contributed by atoms with Crippen LogP contribution < -0.4 is 9.47 Å². The Morgan fingerprint density at radius 1 is 0.778 bits per heavy atom. The maximum Gasteiger partial charge on any atom is 0.341 e. The molecule has 0 bridgehead atoms. The number of ether oxygens (including phenoxy) is 2. The van der Waals surface area contributed by atoms with Gasteiger partial charge in [0.1, 0.15) is 0 Å². The largest absolute Gasteiger partial charge is 0.490 e. The Morgan fingerprint density at radius 2 is 1.52 bits per heavy atom. The summed E-state index contributed by atoms with van der Waals surface area (Å²) in [6.07, 6.45) is 5.38. The molecular formula is C21H27Cl3O2Si. The van der Waals surface area contributed by atoms with E-state index in [1.54, 1.807) is 0 Å². The second-order valence-electron chi connectivity index (χ2n) is 6.48. The first-order valence-electron chi connectivity index (χ1n) is 9.52. The molecule has 0 fully saturated rings. The molecule has 0 saturated heterocycles. The maximum atomic E-state index is 6.12. The summed E-state index contributed by atoms with van der Waals surface area (Å²) in [6.45, 7) is 3.39. The van der Waals surface area contributed by atoms with Gasteiger partial charge >= 0.3 is 6.00 Å². The Labute approximate surface area is 177 Å². The van der Waals surface area contributed by atoms with E-state index in [4.69, 9.17) is 42.7 Å². The van der Waals surface area contributed by atoms with Gasteiger partial charge in [-0.25, -0.2) is 0 Å². The topological polar surface area (TPSA) is 18.5 Å². The Kier molecular flexibility index (Phi) is 9.84. The summed E-state index contributed by atoms with van der Waals surface area (Å²) in [5, 5.41) is 0. The number of rotatable bonds is 12. The third-order valence-corrected chi connectivity index (χ3v) is 6.79. The van der Waals surface area contributed by atoms with Crippen molar-refractivity contribution in [1.82, 2.24) is 0 Å². The molecule has 0 saturated carbocycles. The van der Waals surface area contributed by atoms with Crippen molar-refractivity contribution in [2.45, 2.75) is 45.1 Å². The summed E-state index contributed by atoms with van der Waals surface area (Å²) in [5.41, 5.74) is 2.12. The highest BCUT2D eigenvalue weighted by molar-refractivity contribution is 7.64. The first-order chi connectivity index (χ1) is 13.0. The lowest BCUT2D eigenvalue weighted by atomic mass is 10.0. The van der Waals surface area contributed by atoms with Gasteiger partial charge in [-0.3, -0.25) is 0 Å². The summed E-state index contributed by atoms with van der Waals surface area (Å²) in [6, 6.07) is 14.2. The monoisotopic (exact) mass is 444 g/mol. The molecule has 0 aromatic heterocycles. The Balaban J connectivity index is 2.11. The Bertz CT molecular complexity index is 675. The van der Waals surface area contributed by atoms with Crippen LogP contribution in [0.5, 0.6) is 11.5 Å². The summed E-state index contributed by atoms with van der Waals surface area (Å²) < 4.78 is 12.2. The predicted molar refractivity (Wildman–Crippen MR) is 120 cm³/mol. The summed E-state index contributed by atoms with van der Waals surface area (Å²) in [4.78, 5) is 0. The molecule has 0 atom stereocenters. The van der Waals surface area contributed by atoms with Crippen molar-refractivity contribution < 1.29 is 9.47 Å². The zero-order valence-electron chi connectivity index (χ0n) is 15.7. The van der Waals surface area contributed by atoms with Crippen molar-refractivity contribution in [1.29, 1.82) is 0 Å². The number of hydrogen-bond acceptors (Lipinski definition) is 2. The molecule has 0 N–H and O–H groups in total. The molecule has 0 heterocycles. The zero-order chi connectivity index (χ0) is 19.5. The van der Waals surface area contributed by atoms with E-state index in [9.17, 15) is 0 Å². The van der Waals surface area contributed by atoms with Gasteiger partial charge in [0.2, 0.25) is 0 Å². The number of halogens is 3. The van der Waals surface area contributed by atoms with Gasteiger partial charge in [-0.15, -0.1) is 33.2 Å². The molecular weight excluding hydrogens is 419 g/mol. The quantitative estimate of drug-likeness (QED) is 0.189. The molecule has 148 valence electrons. The molecule has 0 radical (unpaired) electrons. The molecule has 2 rings (SSSR count). The maximum absolute atomic E-state index is 6.12. The third-order valence-electron chi connectivity index (χ3n) is 4.17. The van der Waals surface area contributed by atoms with Gasteiger partial charge in [-0.05, 0) is 30.5 Å². The highest BCUT2D eigenvalue weighted by Gasteiger charge is 2.24. The normalized spacial score (nSPS) is 11.4. The fourth-order valence-corrected chi connectivity index (χ4v) is 4.53. The summed E-state index contributed by atoms with van der Waals surface area (Å²) in [7, 11) is 0. The molecule has 2 aromatic carbocycles. The van der Waals surface area contributed by atoms with Crippen LogP contribution in [0.1, 0.15) is 39.0 Å². The third kappa shape index (κ3) is 8.35. The van der Waals surface area contributed by atoms with Crippen molar-refractivity contribution in [3.05, 3.63) is 48.5 Å². The van der Waals surface area contributed by atoms with Crippen LogP contribution in [0, 0.1) is 0 Å². The van der Waals surface area contributed by atoms with Gasteiger partial charge in [0.15, 0.2) is 11.5 Å². The van der Waals surface area contributed by atoms with Crippen LogP contribution in [-0.4, -0.2) is 19.2 Å². The Hall–Kier alpha value is -0.873. The molecule has 2 nitrogen and oxygen atoms in total. The predicted octanol–water partition coefficient (Wildman–Crippen LogP) is 7.74. The molecule has 0 aliphatic carbocycles. The number of unbranched alkanes of at least 4 members (excludes halogenated alkanes) is 3. The SMILES string of the molecule is CCCCCCOc1cccc(-c2ccccc2)c1OCCC[Si](Cl)(Cl)Cl. The van der Waals surface area contributed by atoms with Crippen molar-refractivity contribution >= 4 is 39.2 Å². The van der Waals surface area contributed by atoms with Gasteiger partial charge in [0.25, 0.3) is 0 Å². The van der Waals surface area contributed by atoms with Gasteiger partial charge < -0.3 is 9.47 Å². The summed E-state index contributed by atoms with van der Waals surface area (Å²) in [5.74, 6) is 1.55. The van der Waals surface area contributed by atoms with Gasteiger partial charge in [-0.1, -0.05) is 68.7 Å². The van der Waals surface area contributed by atoms with Gasteiger partial charge in [-0.2, -0.15) is 0 Å². The average Bonchev–Trinajstić information content (AvgIpc) is 2.65. The minimum atomic E-state index is -2.61. The van der Waals surface area contributed by atoms with Crippen LogP contribution in [-0.2, 0) is 0 Å². The van der Waals surface area contributed by atoms with Crippen LogP contribution in [0.25, 0.3) is 11.1 Å². The molecule has 0 unspecified atom stereocenters. The van der Waals surface area contributed by atoms with Crippen molar-refractivity contribution in [3.63, 3.8) is 0 Å². The minimum absolute atomic E-state index is 0.497. The molecule has 0 aliphatic heterocycles. The van der Waals surface area contributed by atoms with E-state index in [1.807, 2.05) is 30.3 Å². The van der Waals surface area contributed by atoms with E-state index >= 15 is 0 Å². The second-order valence-corrected chi connectivity index (χ2v) is 15.8. The lowest BCUT2D eigenvalue weighted by molar-refractivity contribution is 0.264. The second kappa shape index (κ2) is 11.9. The lowest BCUT2D eigenvalue weighted by Crippen LogP contribution is -2.11. The molecule has 0 spiro atoms. The van der Waals surface area contributed by atoms with E-state index < -0.39 is 6.00 Å². The molecule has 2 aromatic rings. The lowest BCUT2D eigenvalue weighted by Gasteiger charge is -2.17. The van der Waals surface area contributed by atoms with Crippen LogP contribution in [0.2, 0.25) is 6.04 Å². The van der Waals surface area contributed by atoms with Crippen LogP contribution in [0.4, 0.5) is 0 Å². The average molecular weight is 446 g/mol. The summed E-state index contributed by atoms with van der Waals surface area (Å²) >= 11 is 17.9. The van der Waals surface area contributed by atoms with Gasteiger partial charge in [0.05, 0.1) is 13.2 Å². The van der Waals surface area contributed by atoms with E-state index in [-0.39, 0.29) is 0 Å². The zero-order valence-corrected chi connectivity index (χ0v) is 19.0. The number of benzene rings is 2. The fraction of sp³-hybridized carbons (Fsp3) is 0.429.